The van der Waals surface area contributed by atoms with E-state index in [9.17, 15) is 9.59 Å². The topological polar surface area (TPSA) is 75.4 Å². The molecule has 0 saturated heterocycles. The van der Waals surface area contributed by atoms with E-state index < -0.39 is 0 Å². The number of carbonyl (C=O) groups excluding carboxylic acids is 2. The van der Waals surface area contributed by atoms with Gasteiger partial charge in [0.15, 0.2) is 5.82 Å². The van der Waals surface area contributed by atoms with Crippen LogP contribution in [-0.4, -0.2) is 34.5 Å². The van der Waals surface area contributed by atoms with Gasteiger partial charge in [-0.2, -0.15) is 0 Å². The molecule has 6 nitrogen and oxygen atoms in total. The van der Waals surface area contributed by atoms with Crippen molar-refractivity contribution < 1.29 is 14.1 Å². The predicted octanol–water partition coefficient (Wildman–Crippen LogP) is 2.96. The minimum Gasteiger partial charge on any atom is -0.360 e. The number of hydrogen-bond acceptors (Lipinski definition) is 4. The predicted molar refractivity (Wildman–Crippen MR) is 94.0 cm³/mol. The summed E-state index contributed by atoms with van der Waals surface area (Å²) in [5.41, 5.74) is 1.19. The van der Waals surface area contributed by atoms with Gasteiger partial charge in [0.2, 0.25) is 11.8 Å². The molecule has 1 heterocycles. The van der Waals surface area contributed by atoms with E-state index in [0.717, 1.165) is 6.42 Å². The van der Waals surface area contributed by atoms with Crippen LogP contribution in [0.5, 0.6) is 0 Å². The van der Waals surface area contributed by atoms with Crippen molar-refractivity contribution in [3.05, 3.63) is 47.7 Å². The lowest BCUT2D eigenvalue weighted by atomic mass is 10.1. The smallest absolute Gasteiger partial charge is 0.245 e. The van der Waals surface area contributed by atoms with Crippen LogP contribution in [0.1, 0.15) is 37.5 Å². The number of aryl methyl sites for hydroxylation is 1. The highest BCUT2D eigenvalue weighted by Crippen LogP contribution is 2.48. The number of anilines is 1. The summed E-state index contributed by atoms with van der Waals surface area (Å²) in [5, 5.41) is 6.41. The van der Waals surface area contributed by atoms with Gasteiger partial charge in [-0.1, -0.05) is 35.5 Å². The van der Waals surface area contributed by atoms with E-state index in [4.69, 9.17) is 4.52 Å². The van der Waals surface area contributed by atoms with E-state index >= 15 is 0 Å². The van der Waals surface area contributed by atoms with Gasteiger partial charge in [-0.25, -0.2) is 0 Å². The normalized spacial score (nSPS) is 18.9. The fourth-order valence-electron chi connectivity index (χ4n) is 3.03. The lowest BCUT2D eigenvalue weighted by molar-refractivity contribution is -0.137. The van der Waals surface area contributed by atoms with Crippen molar-refractivity contribution in [2.24, 2.45) is 5.92 Å². The molecule has 0 spiro atoms. The Morgan fingerprint density at radius 3 is 2.64 bits per heavy atom. The minimum absolute atomic E-state index is 0.0143. The first kappa shape index (κ1) is 17.2. The molecule has 1 aliphatic rings. The van der Waals surface area contributed by atoms with Crippen molar-refractivity contribution >= 4 is 17.6 Å². The molecule has 1 aliphatic carbocycles. The Morgan fingerprint density at radius 2 is 2.04 bits per heavy atom. The van der Waals surface area contributed by atoms with Crippen LogP contribution in [0.25, 0.3) is 0 Å². The maximum Gasteiger partial charge on any atom is 0.245 e. The number of benzene rings is 1. The first-order chi connectivity index (χ1) is 12.0. The van der Waals surface area contributed by atoms with E-state index in [1.165, 1.54) is 5.56 Å². The molecule has 0 bridgehead atoms. The molecule has 25 heavy (non-hydrogen) atoms. The van der Waals surface area contributed by atoms with E-state index in [-0.39, 0.29) is 36.2 Å². The molecule has 0 aliphatic heterocycles. The quantitative estimate of drug-likeness (QED) is 0.876. The maximum atomic E-state index is 12.8. The zero-order chi connectivity index (χ0) is 18.0. The SMILES string of the molecule is Cc1cc(NC(=O)CN(C(=O)C2CC2c2ccccc2)C(C)C)no1. The molecule has 0 radical (unpaired) electrons. The zero-order valence-corrected chi connectivity index (χ0v) is 14.7. The molecule has 2 atom stereocenters. The van der Waals surface area contributed by atoms with Crippen molar-refractivity contribution in [1.29, 1.82) is 0 Å². The zero-order valence-electron chi connectivity index (χ0n) is 14.7. The molecular weight excluding hydrogens is 318 g/mol. The van der Waals surface area contributed by atoms with Crippen LogP contribution in [0.3, 0.4) is 0 Å². The number of carbonyl (C=O) groups is 2. The standard InChI is InChI=1S/C19H23N3O3/c1-12(2)22(11-18(23)20-17-9-13(3)25-21-17)19(24)16-10-15(16)14-7-5-4-6-8-14/h4-9,12,15-16H,10-11H2,1-3H3,(H,20,21,23). The van der Waals surface area contributed by atoms with Gasteiger partial charge in [0, 0.05) is 18.0 Å². The van der Waals surface area contributed by atoms with Crippen LogP contribution in [0.4, 0.5) is 5.82 Å². The van der Waals surface area contributed by atoms with E-state index in [1.807, 2.05) is 32.0 Å². The monoisotopic (exact) mass is 341 g/mol. The molecule has 6 heteroatoms. The van der Waals surface area contributed by atoms with Crippen molar-refractivity contribution in [3.63, 3.8) is 0 Å². The number of amides is 2. The van der Waals surface area contributed by atoms with Gasteiger partial charge >= 0.3 is 0 Å². The molecule has 2 aromatic rings. The fourth-order valence-corrected chi connectivity index (χ4v) is 3.03. The second-order valence-corrected chi connectivity index (χ2v) is 6.79. The van der Waals surface area contributed by atoms with Crippen LogP contribution in [0, 0.1) is 12.8 Å². The Labute approximate surface area is 147 Å². The average Bonchev–Trinajstić information content (AvgIpc) is 3.29. The van der Waals surface area contributed by atoms with Gasteiger partial charge in [0.25, 0.3) is 0 Å². The molecular formula is C19H23N3O3. The number of rotatable bonds is 6. The van der Waals surface area contributed by atoms with Gasteiger partial charge in [-0.3, -0.25) is 9.59 Å². The van der Waals surface area contributed by atoms with Crippen LogP contribution >= 0.6 is 0 Å². The van der Waals surface area contributed by atoms with E-state index in [2.05, 4.69) is 22.6 Å². The summed E-state index contributed by atoms with van der Waals surface area (Å²) < 4.78 is 4.93. The Morgan fingerprint density at radius 1 is 1.32 bits per heavy atom. The van der Waals surface area contributed by atoms with Crippen molar-refractivity contribution in [3.8, 4) is 0 Å². The number of aromatic nitrogens is 1. The summed E-state index contributed by atoms with van der Waals surface area (Å²) in [4.78, 5) is 26.7. The lowest BCUT2D eigenvalue weighted by Crippen LogP contribution is -2.43. The molecule has 1 N–H and O–H groups in total. The molecule has 2 unspecified atom stereocenters. The minimum atomic E-state index is -0.271. The van der Waals surface area contributed by atoms with Crippen molar-refractivity contribution in [2.75, 3.05) is 11.9 Å². The summed E-state index contributed by atoms with van der Waals surface area (Å²) in [7, 11) is 0. The molecule has 1 saturated carbocycles. The van der Waals surface area contributed by atoms with Crippen LogP contribution in [0.15, 0.2) is 40.9 Å². The third-order valence-corrected chi connectivity index (χ3v) is 4.45. The first-order valence-electron chi connectivity index (χ1n) is 8.54. The van der Waals surface area contributed by atoms with Gasteiger partial charge in [-0.05, 0) is 38.7 Å². The van der Waals surface area contributed by atoms with Gasteiger partial charge in [0.05, 0.1) is 0 Å². The first-order valence-corrected chi connectivity index (χ1v) is 8.54. The van der Waals surface area contributed by atoms with Crippen LogP contribution in [-0.2, 0) is 9.59 Å². The highest BCUT2D eigenvalue weighted by Gasteiger charge is 2.46. The summed E-state index contributed by atoms with van der Waals surface area (Å²) in [6.07, 6.45) is 0.843. The van der Waals surface area contributed by atoms with E-state index in [0.29, 0.717) is 11.6 Å². The lowest BCUT2D eigenvalue weighted by Gasteiger charge is -2.26. The molecule has 2 amide bonds. The number of hydrogen-bond donors (Lipinski definition) is 1. The van der Waals surface area contributed by atoms with Gasteiger partial charge in [0.1, 0.15) is 12.3 Å². The number of nitrogens with one attached hydrogen (secondary N) is 1. The van der Waals surface area contributed by atoms with Crippen LogP contribution in [0.2, 0.25) is 0 Å². The fraction of sp³-hybridized carbons (Fsp3) is 0.421. The highest BCUT2D eigenvalue weighted by molar-refractivity contribution is 5.94. The molecule has 1 aromatic carbocycles. The third-order valence-electron chi connectivity index (χ3n) is 4.45. The second kappa shape index (κ2) is 7.09. The van der Waals surface area contributed by atoms with E-state index in [1.54, 1.807) is 17.9 Å². The van der Waals surface area contributed by atoms with Gasteiger partial charge < -0.3 is 14.7 Å². The summed E-state index contributed by atoms with van der Waals surface area (Å²) in [6, 6.07) is 11.7. The Bertz CT molecular complexity index is 754. The molecule has 1 aromatic heterocycles. The molecule has 1 fully saturated rings. The van der Waals surface area contributed by atoms with Crippen molar-refractivity contribution in [2.45, 2.75) is 39.2 Å². The second-order valence-electron chi connectivity index (χ2n) is 6.79. The maximum absolute atomic E-state index is 12.8. The summed E-state index contributed by atoms with van der Waals surface area (Å²) >= 11 is 0. The Balaban J connectivity index is 1.61. The Hall–Kier alpha value is -2.63. The van der Waals surface area contributed by atoms with Crippen molar-refractivity contribution in [1.82, 2.24) is 10.1 Å². The molecule has 132 valence electrons. The largest absolute Gasteiger partial charge is 0.360 e. The third kappa shape index (κ3) is 4.07. The highest BCUT2D eigenvalue weighted by atomic mass is 16.5. The van der Waals surface area contributed by atoms with Crippen LogP contribution < -0.4 is 5.32 Å². The number of nitrogens with zero attached hydrogens (tertiary/aromatic N) is 2. The molecule has 3 rings (SSSR count). The summed E-state index contributed by atoms with van der Waals surface area (Å²) in [5.74, 6) is 0.980. The average molecular weight is 341 g/mol. The summed E-state index contributed by atoms with van der Waals surface area (Å²) in [6.45, 7) is 5.61. The Kier molecular flexibility index (Phi) is 4.88. The van der Waals surface area contributed by atoms with Gasteiger partial charge in [-0.15, -0.1) is 0 Å².